The zero-order valence-corrected chi connectivity index (χ0v) is 18.7. The van der Waals surface area contributed by atoms with Gasteiger partial charge in [-0.3, -0.25) is 0 Å². The predicted molar refractivity (Wildman–Crippen MR) is 122 cm³/mol. The van der Waals surface area contributed by atoms with Gasteiger partial charge in [0.2, 0.25) is 0 Å². The first-order valence-corrected chi connectivity index (χ1v) is 10.9. The van der Waals surface area contributed by atoms with Gasteiger partial charge in [-0.15, -0.1) is 0 Å². The molecule has 2 heterocycles. The van der Waals surface area contributed by atoms with E-state index in [1.165, 1.54) is 0 Å². The summed E-state index contributed by atoms with van der Waals surface area (Å²) in [5, 5.41) is 0. The van der Waals surface area contributed by atoms with Crippen LogP contribution in [-0.4, -0.2) is 33.1 Å². The van der Waals surface area contributed by atoms with Crippen molar-refractivity contribution in [1.82, 2.24) is 14.9 Å². The molecule has 0 saturated heterocycles. The minimum atomic E-state index is -1.06. The normalized spacial score (nSPS) is 14.6. The molecule has 4 rings (SSSR count). The van der Waals surface area contributed by atoms with Crippen molar-refractivity contribution in [2.45, 2.75) is 51.9 Å². The van der Waals surface area contributed by atoms with Crippen LogP contribution in [0.2, 0.25) is 0 Å². The molecule has 1 aliphatic heterocycles. The minimum Gasteiger partial charge on any atom is -0.444 e. The zero-order valence-electron chi connectivity index (χ0n) is 18.7. The third-order valence-electron chi connectivity index (χ3n) is 5.37. The van der Waals surface area contributed by atoms with E-state index in [0.717, 1.165) is 22.4 Å². The Morgan fingerprint density at radius 2 is 1.84 bits per heavy atom. The van der Waals surface area contributed by atoms with E-state index >= 15 is 0 Å². The summed E-state index contributed by atoms with van der Waals surface area (Å²) in [7, 11) is 0. The van der Waals surface area contributed by atoms with E-state index in [0.29, 0.717) is 37.3 Å². The third-order valence-corrected chi connectivity index (χ3v) is 5.37. The number of halogens is 1. The highest BCUT2D eigenvalue weighted by molar-refractivity contribution is 5.68. The largest absolute Gasteiger partial charge is 0.444 e. The van der Waals surface area contributed by atoms with Crippen LogP contribution in [0.15, 0.2) is 60.8 Å². The molecule has 0 saturated carbocycles. The average molecular weight is 434 g/mol. The summed E-state index contributed by atoms with van der Waals surface area (Å²) in [6.45, 7) is 6.57. The first-order valence-electron chi connectivity index (χ1n) is 10.9. The highest BCUT2D eigenvalue weighted by Gasteiger charge is 2.26. The Hall–Kier alpha value is -3.28. The fraction of sp³-hybridized carbons (Fsp3) is 0.346. The van der Waals surface area contributed by atoms with Crippen molar-refractivity contribution < 1.29 is 13.9 Å². The van der Waals surface area contributed by atoms with Gasteiger partial charge in [0.15, 0.2) is 5.82 Å². The zero-order chi connectivity index (χ0) is 22.7. The van der Waals surface area contributed by atoms with Gasteiger partial charge < -0.3 is 9.64 Å². The van der Waals surface area contributed by atoms with Crippen LogP contribution >= 0.6 is 0 Å². The van der Waals surface area contributed by atoms with Gasteiger partial charge in [-0.2, -0.15) is 0 Å². The van der Waals surface area contributed by atoms with Crippen molar-refractivity contribution in [3.8, 4) is 11.4 Å². The number of aromatic nitrogens is 2. The lowest BCUT2D eigenvalue weighted by molar-refractivity contribution is 0.0222. The number of hydrogen-bond acceptors (Lipinski definition) is 4. The van der Waals surface area contributed by atoms with E-state index in [1.807, 2.05) is 63.2 Å². The Bertz CT molecular complexity index is 1080. The van der Waals surface area contributed by atoms with Crippen molar-refractivity contribution in [2.75, 3.05) is 6.54 Å². The van der Waals surface area contributed by atoms with E-state index in [-0.39, 0.29) is 6.09 Å². The molecule has 6 heteroatoms. The lowest BCUT2D eigenvalue weighted by Crippen LogP contribution is -2.40. The van der Waals surface area contributed by atoms with Crippen molar-refractivity contribution >= 4 is 6.09 Å². The third kappa shape index (κ3) is 5.31. The molecular weight excluding hydrogens is 405 g/mol. The molecule has 0 spiro atoms. The van der Waals surface area contributed by atoms with Crippen LogP contribution in [0.25, 0.3) is 11.4 Å². The average Bonchev–Trinajstić information content (AvgIpc) is 2.78. The molecule has 32 heavy (non-hydrogen) atoms. The van der Waals surface area contributed by atoms with E-state index < -0.39 is 11.8 Å². The molecule has 1 amide bonds. The number of hydrogen-bond donors (Lipinski definition) is 0. The molecule has 0 fully saturated rings. The Kier molecular flexibility index (Phi) is 6.21. The van der Waals surface area contributed by atoms with Gasteiger partial charge in [-0.25, -0.2) is 19.2 Å². The maximum atomic E-state index is 14.7. The number of rotatable bonds is 4. The summed E-state index contributed by atoms with van der Waals surface area (Å²) in [6, 6.07) is 17.0. The molecule has 1 unspecified atom stereocenters. The van der Waals surface area contributed by atoms with E-state index in [4.69, 9.17) is 9.72 Å². The molecule has 2 aromatic carbocycles. The van der Waals surface area contributed by atoms with E-state index in [1.54, 1.807) is 23.2 Å². The van der Waals surface area contributed by atoms with Gasteiger partial charge in [0.05, 0.1) is 12.2 Å². The highest BCUT2D eigenvalue weighted by atomic mass is 19.1. The fourth-order valence-corrected chi connectivity index (χ4v) is 3.72. The summed E-state index contributed by atoms with van der Waals surface area (Å²) in [5.74, 6) is 0.611. The Morgan fingerprint density at radius 3 is 2.53 bits per heavy atom. The van der Waals surface area contributed by atoms with Crippen LogP contribution in [0.3, 0.4) is 0 Å². The smallest absolute Gasteiger partial charge is 0.410 e. The highest BCUT2D eigenvalue weighted by Crippen LogP contribution is 2.26. The summed E-state index contributed by atoms with van der Waals surface area (Å²) in [5.41, 5.74) is 3.80. The molecule has 5 nitrogen and oxygen atoms in total. The maximum absolute atomic E-state index is 14.7. The van der Waals surface area contributed by atoms with Gasteiger partial charge in [0, 0.05) is 36.7 Å². The molecule has 1 aromatic heterocycles. The monoisotopic (exact) mass is 433 g/mol. The topological polar surface area (TPSA) is 55.3 Å². The molecule has 0 aliphatic carbocycles. The molecule has 3 aromatic rings. The van der Waals surface area contributed by atoms with Crippen LogP contribution < -0.4 is 0 Å². The summed E-state index contributed by atoms with van der Waals surface area (Å²) in [6.07, 6.45) is 1.39. The van der Waals surface area contributed by atoms with Gasteiger partial charge >= 0.3 is 6.09 Å². The number of benzene rings is 2. The number of amides is 1. The van der Waals surface area contributed by atoms with Crippen molar-refractivity contribution in [3.05, 3.63) is 83.2 Å². The standard InChI is InChI=1S/C26H28FN3O2/c1-26(2,3)32-25(31)30-14-13-23-21(17-30)16-28-24(29-23)20-11-9-19(10-12-20)22(27)15-18-7-5-4-6-8-18/h4-12,16,22H,13-15,17H2,1-3H3. The second-order valence-corrected chi connectivity index (χ2v) is 9.10. The number of alkyl halides is 1. The number of nitrogens with zero attached hydrogens (tertiary/aromatic N) is 3. The van der Waals surface area contributed by atoms with Crippen LogP contribution in [0.1, 0.15) is 49.3 Å². The van der Waals surface area contributed by atoms with Gasteiger partial charge in [0.25, 0.3) is 0 Å². The lowest BCUT2D eigenvalue weighted by atomic mass is 10.0. The van der Waals surface area contributed by atoms with Crippen molar-refractivity contribution in [1.29, 1.82) is 0 Å². The Labute approximate surface area is 188 Å². The molecule has 1 atom stereocenters. The van der Waals surface area contributed by atoms with Crippen LogP contribution in [0.5, 0.6) is 0 Å². The Balaban J connectivity index is 1.44. The quantitative estimate of drug-likeness (QED) is 0.530. The van der Waals surface area contributed by atoms with Gasteiger partial charge in [-0.05, 0) is 31.9 Å². The molecular formula is C26H28FN3O2. The molecule has 0 N–H and O–H groups in total. The SMILES string of the molecule is CC(C)(C)OC(=O)N1CCc2nc(-c3ccc(C(F)Cc4ccccc4)cc3)ncc2C1. The Morgan fingerprint density at radius 1 is 1.12 bits per heavy atom. The van der Waals surface area contributed by atoms with E-state index in [9.17, 15) is 9.18 Å². The molecule has 0 radical (unpaired) electrons. The van der Waals surface area contributed by atoms with E-state index in [2.05, 4.69) is 4.98 Å². The van der Waals surface area contributed by atoms with Gasteiger partial charge in [0.1, 0.15) is 11.8 Å². The maximum Gasteiger partial charge on any atom is 0.410 e. The van der Waals surface area contributed by atoms with Gasteiger partial charge in [-0.1, -0.05) is 54.6 Å². The molecule has 166 valence electrons. The number of ether oxygens (including phenoxy) is 1. The van der Waals surface area contributed by atoms with Crippen LogP contribution in [0, 0.1) is 0 Å². The molecule has 1 aliphatic rings. The van der Waals surface area contributed by atoms with Crippen molar-refractivity contribution in [3.63, 3.8) is 0 Å². The number of carbonyl (C=O) groups is 1. The molecule has 0 bridgehead atoms. The van der Waals surface area contributed by atoms with Crippen molar-refractivity contribution in [2.24, 2.45) is 0 Å². The first kappa shape index (κ1) is 21.9. The number of carbonyl (C=O) groups excluding carboxylic acids is 1. The lowest BCUT2D eigenvalue weighted by Gasteiger charge is -2.30. The summed E-state index contributed by atoms with van der Waals surface area (Å²) < 4.78 is 20.2. The predicted octanol–water partition coefficient (Wildman–Crippen LogP) is 5.69. The first-order chi connectivity index (χ1) is 15.3. The van der Waals surface area contributed by atoms with Crippen LogP contribution in [-0.2, 0) is 24.1 Å². The second-order valence-electron chi connectivity index (χ2n) is 9.10. The minimum absolute atomic E-state index is 0.320. The summed E-state index contributed by atoms with van der Waals surface area (Å²) in [4.78, 5) is 23.2. The number of fused-ring (bicyclic) bond motifs is 1. The fourth-order valence-electron chi connectivity index (χ4n) is 3.72. The summed E-state index contributed by atoms with van der Waals surface area (Å²) >= 11 is 0. The second kappa shape index (κ2) is 9.07. The van der Waals surface area contributed by atoms with Crippen LogP contribution in [0.4, 0.5) is 9.18 Å².